The molecule has 0 aliphatic carbocycles. The second-order valence-corrected chi connectivity index (χ2v) is 8.22. The van der Waals surface area contributed by atoms with E-state index in [2.05, 4.69) is 10.6 Å². The lowest BCUT2D eigenvalue weighted by molar-refractivity contribution is 0.0529. The maximum Gasteiger partial charge on any atom is 0.341 e. The number of rotatable bonds is 6. The van der Waals surface area contributed by atoms with Crippen LogP contribution in [-0.4, -0.2) is 24.8 Å². The Labute approximate surface area is 186 Å². The van der Waals surface area contributed by atoms with Gasteiger partial charge in [0.15, 0.2) is 5.11 Å². The van der Waals surface area contributed by atoms with Crippen LogP contribution in [-0.2, 0) is 4.74 Å². The molecule has 30 heavy (non-hydrogen) atoms. The first-order valence-electron chi connectivity index (χ1n) is 9.53. The molecule has 2 N–H and O–H groups in total. The summed E-state index contributed by atoms with van der Waals surface area (Å²) in [5, 5.41) is 7.45. The molecule has 0 unspecified atom stereocenters. The largest absolute Gasteiger partial charge is 0.497 e. The van der Waals surface area contributed by atoms with Gasteiger partial charge in [0.05, 0.1) is 13.7 Å². The minimum Gasteiger partial charge on any atom is -0.497 e. The summed E-state index contributed by atoms with van der Waals surface area (Å²) in [6.45, 7) is 6.06. The van der Waals surface area contributed by atoms with Crippen LogP contribution in [0.5, 0.6) is 5.75 Å². The lowest BCUT2D eigenvalue weighted by Crippen LogP contribution is -2.20. The molecule has 156 valence electrons. The number of carbonyl (C=O) groups excluding carboxylic acids is 1. The quantitative estimate of drug-likeness (QED) is 0.361. The fourth-order valence-electron chi connectivity index (χ4n) is 3.14. The van der Waals surface area contributed by atoms with Gasteiger partial charge in [-0.1, -0.05) is 30.3 Å². The third-order valence-corrected chi connectivity index (χ3v) is 5.76. The van der Waals surface area contributed by atoms with Gasteiger partial charge in [0.25, 0.3) is 0 Å². The summed E-state index contributed by atoms with van der Waals surface area (Å²) >= 11 is 7.00. The molecule has 1 aromatic heterocycles. The first-order valence-corrected chi connectivity index (χ1v) is 10.8. The van der Waals surface area contributed by atoms with Gasteiger partial charge in [-0.05, 0) is 62.3 Å². The summed E-state index contributed by atoms with van der Waals surface area (Å²) in [5.74, 6) is 0.412. The number of esters is 1. The van der Waals surface area contributed by atoms with Crippen molar-refractivity contribution in [3.05, 3.63) is 64.5 Å². The number of thiocarbonyl (C=S) groups is 1. The van der Waals surface area contributed by atoms with E-state index >= 15 is 0 Å². The van der Waals surface area contributed by atoms with E-state index in [1.807, 2.05) is 62.4 Å². The van der Waals surface area contributed by atoms with Crippen molar-refractivity contribution in [1.82, 2.24) is 0 Å². The van der Waals surface area contributed by atoms with Crippen LogP contribution in [0.15, 0.2) is 48.5 Å². The van der Waals surface area contributed by atoms with E-state index in [1.54, 1.807) is 14.0 Å². The molecule has 3 rings (SSSR count). The molecule has 0 saturated heterocycles. The summed E-state index contributed by atoms with van der Waals surface area (Å²) in [5.41, 5.74) is 4.19. The zero-order valence-corrected chi connectivity index (χ0v) is 19.0. The molecule has 3 aromatic rings. The van der Waals surface area contributed by atoms with Gasteiger partial charge in [0.1, 0.15) is 16.3 Å². The zero-order chi connectivity index (χ0) is 21.7. The van der Waals surface area contributed by atoms with Crippen molar-refractivity contribution < 1.29 is 14.3 Å². The summed E-state index contributed by atoms with van der Waals surface area (Å²) in [7, 11) is 1.63. The van der Waals surface area contributed by atoms with Crippen LogP contribution >= 0.6 is 23.6 Å². The van der Waals surface area contributed by atoms with Crippen molar-refractivity contribution in [1.29, 1.82) is 0 Å². The number of hydrogen-bond acceptors (Lipinski definition) is 5. The maximum atomic E-state index is 12.8. The molecular weight excluding hydrogens is 416 g/mol. The molecule has 0 saturated carbocycles. The molecule has 0 atom stereocenters. The number of ether oxygens (including phenoxy) is 2. The van der Waals surface area contributed by atoms with Crippen LogP contribution < -0.4 is 15.4 Å². The first kappa shape index (κ1) is 21.8. The number of thiophene rings is 1. The number of aryl methyl sites for hydroxylation is 2. The van der Waals surface area contributed by atoms with Crippen molar-refractivity contribution in [2.75, 3.05) is 24.4 Å². The van der Waals surface area contributed by atoms with Crippen LogP contribution in [0.2, 0.25) is 0 Å². The minimum absolute atomic E-state index is 0.301. The summed E-state index contributed by atoms with van der Waals surface area (Å²) in [4.78, 5) is 13.8. The summed E-state index contributed by atoms with van der Waals surface area (Å²) in [6.07, 6.45) is 0. The second kappa shape index (κ2) is 9.73. The molecule has 0 fully saturated rings. The van der Waals surface area contributed by atoms with Crippen molar-refractivity contribution in [2.24, 2.45) is 0 Å². The highest BCUT2D eigenvalue weighted by molar-refractivity contribution is 7.80. The maximum absolute atomic E-state index is 12.8. The van der Waals surface area contributed by atoms with Gasteiger partial charge in [0.2, 0.25) is 0 Å². The Morgan fingerprint density at radius 2 is 1.83 bits per heavy atom. The summed E-state index contributed by atoms with van der Waals surface area (Å²) in [6, 6.07) is 15.5. The van der Waals surface area contributed by atoms with Crippen molar-refractivity contribution in [2.45, 2.75) is 20.8 Å². The minimum atomic E-state index is -0.369. The molecular formula is C23H24N2O3S2. The van der Waals surface area contributed by atoms with Gasteiger partial charge in [-0.2, -0.15) is 0 Å². The van der Waals surface area contributed by atoms with E-state index in [0.717, 1.165) is 33.0 Å². The average molecular weight is 441 g/mol. The molecule has 0 spiro atoms. The Morgan fingerprint density at radius 3 is 2.47 bits per heavy atom. The van der Waals surface area contributed by atoms with Gasteiger partial charge in [-0.25, -0.2) is 4.79 Å². The molecule has 5 nitrogen and oxygen atoms in total. The predicted molar refractivity (Wildman–Crippen MR) is 128 cm³/mol. The van der Waals surface area contributed by atoms with Crippen LogP contribution in [0, 0.1) is 13.8 Å². The van der Waals surface area contributed by atoms with Gasteiger partial charge in [0, 0.05) is 16.1 Å². The average Bonchev–Trinajstić information content (AvgIpc) is 3.05. The monoisotopic (exact) mass is 440 g/mol. The lowest BCUT2D eigenvalue weighted by Gasteiger charge is -2.14. The van der Waals surface area contributed by atoms with Crippen LogP contribution in [0.3, 0.4) is 0 Å². The number of carbonyl (C=O) groups is 1. The van der Waals surface area contributed by atoms with Gasteiger partial charge >= 0.3 is 5.97 Å². The van der Waals surface area contributed by atoms with Crippen molar-refractivity contribution >= 4 is 45.3 Å². The smallest absolute Gasteiger partial charge is 0.341 e. The van der Waals surface area contributed by atoms with E-state index in [-0.39, 0.29) is 5.97 Å². The van der Waals surface area contributed by atoms with E-state index in [9.17, 15) is 4.79 Å². The molecule has 0 radical (unpaired) electrons. The van der Waals surface area contributed by atoms with E-state index < -0.39 is 0 Å². The lowest BCUT2D eigenvalue weighted by atomic mass is 10.0. The van der Waals surface area contributed by atoms with Crippen molar-refractivity contribution in [3.63, 3.8) is 0 Å². The van der Waals surface area contributed by atoms with Gasteiger partial charge in [-0.15, -0.1) is 11.3 Å². The highest BCUT2D eigenvalue weighted by Crippen LogP contribution is 2.40. The Balaban J connectivity index is 1.92. The Kier molecular flexibility index (Phi) is 7.07. The number of methoxy groups -OCH3 is 1. The molecule has 0 amide bonds. The van der Waals surface area contributed by atoms with Gasteiger partial charge < -0.3 is 20.1 Å². The number of benzene rings is 2. The van der Waals surface area contributed by atoms with Gasteiger partial charge in [-0.3, -0.25) is 0 Å². The van der Waals surface area contributed by atoms with Crippen LogP contribution in [0.25, 0.3) is 11.1 Å². The van der Waals surface area contributed by atoms with E-state index in [4.69, 9.17) is 21.7 Å². The van der Waals surface area contributed by atoms with Crippen LogP contribution in [0.1, 0.15) is 27.7 Å². The molecule has 7 heteroatoms. The van der Waals surface area contributed by atoms with E-state index in [1.165, 1.54) is 11.3 Å². The zero-order valence-electron chi connectivity index (χ0n) is 17.4. The fourth-order valence-corrected chi connectivity index (χ4v) is 4.49. The first-order chi connectivity index (χ1) is 14.4. The molecule has 0 aliphatic heterocycles. The SMILES string of the molecule is CCOC(=O)c1c(NC(=S)Nc2ccc(OC)cc2C)sc(C)c1-c1ccccc1. The Bertz CT molecular complexity index is 1060. The highest BCUT2D eigenvalue weighted by atomic mass is 32.1. The third kappa shape index (κ3) is 4.80. The van der Waals surface area contributed by atoms with Crippen molar-refractivity contribution in [3.8, 4) is 16.9 Å². The Morgan fingerprint density at radius 1 is 1.10 bits per heavy atom. The highest BCUT2D eigenvalue weighted by Gasteiger charge is 2.25. The number of anilines is 2. The standard InChI is InChI=1S/C23H24N2O3S2/c1-5-28-22(26)20-19(16-9-7-6-8-10-16)15(3)30-21(20)25-23(29)24-18-12-11-17(27-4)13-14(18)2/h6-13H,5H2,1-4H3,(H2,24,25,29). The normalized spacial score (nSPS) is 10.4. The fraction of sp³-hybridized carbons (Fsp3) is 0.217. The number of hydrogen-bond donors (Lipinski definition) is 2. The third-order valence-electron chi connectivity index (χ3n) is 4.54. The molecule has 1 heterocycles. The molecule has 0 aliphatic rings. The number of nitrogens with one attached hydrogen (secondary N) is 2. The topological polar surface area (TPSA) is 59.6 Å². The second-order valence-electron chi connectivity index (χ2n) is 6.58. The van der Waals surface area contributed by atoms with E-state index in [0.29, 0.717) is 22.3 Å². The predicted octanol–water partition coefficient (Wildman–Crippen LogP) is 6.03. The molecule has 2 aromatic carbocycles. The van der Waals surface area contributed by atoms with Crippen LogP contribution in [0.4, 0.5) is 10.7 Å². The Hall–Kier alpha value is -2.90. The molecule has 0 bridgehead atoms. The summed E-state index contributed by atoms with van der Waals surface area (Å²) < 4.78 is 10.6.